The van der Waals surface area contributed by atoms with E-state index < -0.39 is 0 Å². The number of aryl methyl sites for hydroxylation is 1. The summed E-state index contributed by atoms with van der Waals surface area (Å²) in [6.07, 6.45) is 4.28. The van der Waals surface area contributed by atoms with Crippen LogP contribution in [0.4, 0.5) is 0 Å². The molecule has 2 heterocycles. The Bertz CT molecular complexity index is 482. The first-order valence-corrected chi connectivity index (χ1v) is 7.68. The molecule has 1 aromatic rings. The first-order chi connectivity index (χ1) is 9.69. The van der Waals surface area contributed by atoms with Gasteiger partial charge >= 0.3 is 0 Å². The van der Waals surface area contributed by atoms with Gasteiger partial charge in [-0.2, -0.15) is 0 Å². The van der Waals surface area contributed by atoms with Crippen LogP contribution in [0.25, 0.3) is 0 Å². The summed E-state index contributed by atoms with van der Waals surface area (Å²) in [5.41, 5.74) is 0. The fraction of sp³-hybridized carbons (Fsp3) is 0.688. The molecule has 1 aromatic heterocycles. The molecule has 4 heteroatoms. The Morgan fingerprint density at radius 3 is 3.00 bits per heavy atom. The van der Waals surface area contributed by atoms with Gasteiger partial charge in [-0.15, -0.1) is 0 Å². The molecule has 1 aliphatic heterocycles. The Labute approximate surface area is 119 Å². The predicted molar refractivity (Wildman–Crippen MR) is 75.4 cm³/mol. The quantitative estimate of drug-likeness (QED) is 0.898. The zero-order valence-corrected chi connectivity index (χ0v) is 12.0. The number of hydrogen-bond acceptors (Lipinski definition) is 3. The molecule has 0 aromatic carbocycles. The summed E-state index contributed by atoms with van der Waals surface area (Å²) in [6, 6.07) is 4.09. The van der Waals surface area contributed by atoms with Crippen molar-refractivity contribution in [3.8, 4) is 0 Å². The zero-order chi connectivity index (χ0) is 14.1. The number of likely N-dealkylation sites (tertiary alicyclic amines) is 1. The monoisotopic (exact) mass is 277 g/mol. The lowest BCUT2D eigenvalue weighted by molar-refractivity contribution is -0.132. The van der Waals surface area contributed by atoms with Gasteiger partial charge in [-0.05, 0) is 37.3 Å². The molecule has 110 valence electrons. The van der Waals surface area contributed by atoms with Gasteiger partial charge in [-0.3, -0.25) is 4.79 Å². The number of carbonyl (C=O) groups excluding carboxylic acids is 1. The second kappa shape index (κ2) is 5.60. The molecular weight excluding hydrogens is 254 g/mol. The number of amides is 1. The zero-order valence-electron chi connectivity index (χ0n) is 12.0. The van der Waals surface area contributed by atoms with Gasteiger partial charge in [0.25, 0.3) is 0 Å². The van der Waals surface area contributed by atoms with E-state index in [9.17, 15) is 9.90 Å². The third-order valence-corrected chi connectivity index (χ3v) is 4.65. The van der Waals surface area contributed by atoms with Crippen LogP contribution in [0.1, 0.15) is 50.0 Å². The van der Waals surface area contributed by atoms with E-state index >= 15 is 0 Å². The van der Waals surface area contributed by atoms with Crippen molar-refractivity contribution < 1.29 is 14.3 Å². The molecule has 1 saturated heterocycles. The minimum Gasteiger partial charge on any atom is -0.466 e. The summed E-state index contributed by atoms with van der Waals surface area (Å²) in [6.45, 7) is 3.10. The molecule has 4 nitrogen and oxygen atoms in total. The van der Waals surface area contributed by atoms with Gasteiger partial charge < -0.3 is 14.4 Å². The summed E-state index contributed by atoms with van der Waals surface area (Å²) in [5.74, 6) is 3.46. The number of carbonyl (C=O) groups is 1. The van der Waals surface area contributed by atoms with Gasteiger partial charge in [-0.25, -0.2) is 0 Å². The van der Waals surface area contributed by atoms with Gasteiger partial charge in [0.15, 0.2) is 0 Å². The fourth-order valence-corrected chi connectivity index (χ4v) is 3.17. The number of aliphatic hydroxyl groups excluding tert-OH is 1. The molecule has 20 heavy (non-hydrogen) atoms. The van der Waals surface area contributed by atoms with Crippen LogP contribution in [0, 0.1) is 5.92 Å². The summed E-state index contributed by atoms with van der Waals surface area (Å²) in [4.78, 5) is 14.0. The smallest absolute Gasteiger partial charge is 0.223 e. The van der Waals surface area contributed by atoms with Crippen LogP contribution >= 0.6 is 0 Å². The van der Waals surface area contributed by atoms with Crippen LogP contribution in [0.2, 0.25) is 0 Å². The third-order valence-electron chi connectivity index (χ3n) is 4.65. The van der Waals surface area contributed by atoms with Crippen LogP contribution in [-0.4, -0.2) is 35.1 Å². The van der Waals surface area contributed by atoms with Gasteiger partial charge in [-0.1, -0.05) is 6.92 Å². The Kier molecular flexibility index (Phi) is 3.83. The van der Waals surface area contributed by atoms with Crippen LogP contribution in [0.3, 0.4) is 0 Å². The van der Waals surface area contributed by atoms with Crippen LogP contribution in [-0.2, 0) is 11.2 Å². The molecule has 2 unspecified atom stereocenters. The van der Waals surface area contributed by atoms with Crippen molar-refractivity contribution in [2.75, 3.05) is 13.2 Å². The molecule has 0 bridgehead atoms. The van der Waals surface area contributed by atoms with E-state index in [-0.39, 0.29) is 18.6 Å². The van der Waals surface area contributed by atoms with E-state index in [4.69, 9.17) is 4.42 Å². The Hall–Kier alpha value is -1.29. The molecule has 1 saturated carbocycles. The normalized spacial score (nSPS) is 28.9. The maximum absolute atomic E-state index is 12.2. The van der Waals surface area contributed by atoms with Crippen molar-refractivity contribution in [2.45, 2.75) is 51.0 Å². The molecule has 1 amide bonds. The van der Waals surface area contributed by atoms with Gasteiger partial charge in [0, 0.05) is 25.3 Å². The number of nitrogens with zero attached hydrogens (tertiary/aromatic N) is 1. The fourth-order valence-electron chi connectivity index (χ4n) is 3.17. The van der Waals surface area contributed by atoms with E-state index in [2.05, 4.69) is 13.0 Å². The summed E-state index contributed by atoms with van der Waals surface area (Å²) >= 11 is 0. The molecule has 1 N–H and O–H groups in total. The number of rotatable bonds is 5. The molecule has 2 fully saturated rings. The average molecular weight is 277 g/mol. The molecule has 3 rings (SSSR count). The molecular formula is C16H23NO3. The van der Waals surface area contributed by atoms with Crippen molar-refractivity contribution >= 4 is 5.91 Å². The van der Waals surface area contributed by atoms with Gasteiger partial charge in [0.2, 0.25) is 5.91 Å². The number of furan rings is 1. The highest BCUT2D eigenvalue weighted by Crippen LogP contribution is 2.47. The largest absolute Gasteiger partial charge is 0.466 e. The van der Waals surface area contributed by atoms with Crippen molar-refractivity contribution in [3.05, 3.63) is 23.7 Å². The Morgan fingerprint density at radius 2 is 2.30 bits per heavy atom. The highest BCUT2D eigenvalue weighted by atomic mass is 16.3. The van der Waals surface area contributed by atoms with E-state index in [0.29, 0.717) is 18.8 Å². The van der Waals surface area contributed by atoms with E-state index in [1.54, 1.807) is 0 Å². The molecule has 2 aliphatic rings. The van der Waals surface area contributed by atoms with Crippen LogP contribution in [0.15, 0.2) is 16.5 Å². The lowest BCUT2D eigenvalue weighted by atomic mass is 10.2. The average Bonchev–Trinajstić information content (AvgIpc) is 2.89. The highest BCUT2D eigenvalue weighted by molar-refractivity contribution is 5.77. The summed E-state index contributed by atoms with van der Waals surface area (Å²) < 4.78 is 5.82. The van der Waals surface area contributed by atoms with E-state index in [1.807, 2.05) is 11.0 Å². The topological polar surface area (TPSA) is 53.7 Å². The highest BCUT2D eigenvalue weighted by Gasteiger charge is 2.36. The predicted octanol–water partition coefficient (Wildman–Crippen LogP) is 2.32. The van der Waals surface area contributed by atoms with Crippen molar-refractivity contribution in [1.82, 2.24) is 4.90 Å². The van der Waals surface area contributed by atoms with Gasteiger partial charge in [0.05, 0.1) is 12.6 Å². The molecule has 0 radical (unpaired) electrons. The minimum absolute atomic E-state index is 0.0296. The Balaban J connectivity index is 1.51. The van der Waals surface area contributed by atoms with Crippen molar-refractivity contribution in [3.63, 3.8) is 0 Å². The summed E-state index contributed by atoms with van der Waals surface area (Å²) in [5, 5.41) is 9.25. The Morgan fingerprint density at radius 1 is 1.50 bits per heavy atom. The molecule has 3 atom stereocenters. The number of aliphatic hydroxyl groups is 1. The van der Waals surface area contributed by atoms with Gasteiger partial charge in [0.1, 0.15) is 11.5 Å². The van der Waals surface area contributed by atoms with Crippen molar-refractivity contribution in [2.24, 2.45) is 5.92 Å². The SMILES string of the molecule is CC1CC1c1ccc(CCC(=O)N2CCC[C@H]2CO)o1. The second-order valence-corrected chi connectivity index (χ2v) is 6.19. The standard InChI is InChI=1S/C16H23NO3/c1-11-9-14(11)15-6-4-13(20-15)5-7-16(19)17-8-2-3-12(17)10-18/h4,6,11-12,14,18H,2-3,5,7-10H2,1H3/t11?,12-,14?/m0/s1. The third kappa shape index (κ3) is 2.75. The van der Waals surface area contributed by atoms with Crippen LogP contribution in [0.5, 0.6) is 0 Å². The maximum Gasteiger partial charge on any atom is 0.223 e. The second-order valence-electron chi connectivity index (χ2n) is 6.19. The molecule has 0 spiro atoms. The lowest BCUT2D eigenvalue weighted by Gasteiger charge is -2.22. The lowest BCUT2D eigenvalue weighted by Crippen LogP contribution is -2.37. The minimum atomic E-state index is 0.0296. The number of hydrogen-bond donors (Lipinski definition) is 1. The van der Waals surface area contributed by atoms with Crippen LogP contribution < -0.4 is 0 Å². The maximum atomic E-state index is 12.2. The molecule has 1 aliphatic carbocycles. The van der Waals surface area contributed by atoms with Crippen molar-refractivity contribution in [1.29, 1.82) is 0 Å². The first kappa shape index (κ1) is 13.7. The first-order valence-electron chi connectivity index (χ1n) is 7.68. The van der Waals surface area contributed by atoms with E-state index in [1.165, 1.54) is 6.42 Å². The summed E-state index contributed by atoms with van der Waals surface area (Å²) in [7, 11) is 0. The van der Waals surface area contributed by atoms with E-state index in [0.717, 1.165) is 36.8 Å².